The molecule has 0 aliphatic rings. The highest BCUT2D eigenvalue weighted by Gasteiger charge is 2.08. The number of benzene rings is 2. The van der Waals surface area contributed by atoms with Gasteiger partial charge in [-0.3, -0.25) is 4.79 Å². The van der Waals surface area contributed by atoms with Gasteiger partial charge in [0.05, 0.1) is 0 Å². The SMILES string of the molecule is O=C(Nc1ccc(Nc2ccc(F)c(F)c2)nn1)c1cccc(Cl)c1. The van der Waals surface area contributed by atoms with Crippen molar-refractivity contribution in [1.29, 1.82) is 0 Å². The average Bonchev–Trinajstić information content (AvgIpc) is 2.60. The van der Waals surface area contributed by atoms with Crippen molar-refractivity contribution in [1.82, 2.24) is 10.2 Å². The van der Waals surface area contributed by atoms with Crippen molar-refractivity contribution in [3.8, 4) is 0 Å². The lowest BCUT2D eigenvalue weighted by Crippen LogP contribution is -2.13. The second-order valence-corrected chi connectivity index (χ2v) is 5.46. The molecular weight excluding hydrogens is 350 g/mol. The van der Waals surface area contributed by atoms with Crippen molar-refractivity contribution >= 4 is 34.8 Å². The van der Waals surface area contributed by atoms with Crippen LogP contribution in [0.5, 0.6) is 0 Å². The summed E-state index contributed by atoms with van der Waals surface area (Å²) in [5.74, 6) is -1.73. The number of aromatic nitrogens is 2. The molecule has 5 nitrogen and oxygen atoms in total. The molecule has 0 radical (unpaired) electrons. The van der Waals surface area contributed by atoms with E-state index in [4.69, 9.17) is 11.6 Å². The van der Waals surface area contributed by atoms with E-state index in [0.29, 0.717) is 22.1 Å². The Labute approximate surface area is 146 Å². The van der Waals surface area contributed by atoms with Gasteiger partial charge in [0.15, 0.2) is 23.3 Å². The van der Waals surface area contributed by atoms with Gasteiger partial charge in [0.2, 0.25) is 0 Å². The maximum absolute atomic E-state index is 13.2. The Hall–Kier alpha value is -3.06. The van der Waals surface area contributed by atoms with E-state index < -0.39 is 11.6 Å². The highest BCUT2D eigenvalue weighted by molar-refractivity contribution is 6.31. The number of anilines is 3. The van der Waals surface area contributed by atoms with Gasteiger partial charge < -0.3 is 10.6 Å². The average molecular weight is 361 g/mol. The molecule has 0 saturated heterocycles. The number of hydrogen-bond acceptors (Lipinski definition) is 4. The number of rotatable bonds is 4. The van der Waals surface area contributed by atoms with Gasteiger partial charge in [-0.25, -0.2) is 8.78 Å². The molecule has 0 saturated carbocycles. The minimum atomic E-state index is -0.969. The second-order valence-electron chi connectivity index (χ2n) is 5.02. The molecule has 3 aromatic rings. The third-order valence-corrected chi connectivity index (χ3v) is 3.42. The van der Waals surface area contributed by atoms with E-state index in [0.717, 1.165) is 12.1 Å². The predicted molar refractivity (Wildman–Crippen MR) is 91.1 cm³/mol. The molecule has 3 rings (SSSR count). The Kier molecular flexibility index (Phi) is 4.85. The zero-order valence-electron chi connectivity index (χ0n) is 12.6. The third kappa shape index (κ3) is 4.27. The van der Waals surface area contributed by atoms with Crippen molar-refractivity contribution in [2.45, 2.75) is 0 Å². The van der Waals surface area contributed by atoms with Crippen LogP contribution >= 0.6 is 11.6 Å². The highest BCUT2D eigenvalue weighted by Crippen LogP contribution is 2.18. The van der Waals surface area contributed by atoms with E-state index in [1.54, 1.807) is 24.3 Å². The molecule has 2 aromatic carbocycles. The first-order valence-corrected chi connectivity index (χ1v) is 7.52. The fourth-order valence-electron chi connectivity index (χ4n) is 2.01. The van der Waals surface area contributed by atoms with Crippen molar-refractivity contribution in [3.05, 3.63) is 76.8 Å². The van der Waals surface area contributed by atoms with Gasteiger partial charge in [0.1, 0.15) is 0 Å². The number of hydrogen-bond donors (Lipinski definition) is 2. The summed E-state index contributed by atoms with van der Waals surface area (Å²) in [5, 5.41) is 13.5. The van der Waals surface area contributed by atoms with Crippen LogP contribution in [0.1, 0.15) is 10.4 Å². The predicted octanol–water partition coefficient (Wildman–Crippen LogP) is 4.40. The van der Waals surface area contributed by atoms with E-state index in [1.165, 1.54) is 18.2 Å². The van der Waals surface area contributed by atoms with E-state index in [2.05, 4.69) is 20.8 Å². The van der Waals surface area contributed by atoms with Crippen LogP contribution in [0.2, 0.25) is 5.02 Å². The Bertz CT molecular complexity index is 919. The summed E-state index contributed by atoms with van der Waals surface area (Å²) in [6.07, 6.45) is 0. The summed E-state index contributed by atoms with van der Waals surface area (Å²) >= 11 is 5.84. The third-order valence-electron chi connectivity index (χ3n) is 3.18. The molecule has 0 unspecified atom stereocenters. The van der Waals surface area contributed by atoms with Crippen molar-refractivity contribution in [3.63, 3.8) is 0 Å². The van der Waals surface area contributed by atoms with E-state index in [9.17, 15) is 13.6 Å². The quantitative estimate of drug-likeness (QED) is 0.723. The van der Waals surface area contributed by atoms with E-state index in [1.807, 2.05) is 0 Å². The summed E-state index contributed by atoms with van der Waals surface area (Å²) < 4.78 is 26.1. The van der Waals surface area contributed by atoms with Crippen molar-refractivity contribution in [2.75, 3.05) is 10.6 Å². The highest BCUT2D eigenvalue weighted by atomic mass is 35.5. The van der Waals surface area contributed by atoms with Gasteiger partial charge in [-0.15, -0.1) is 10.2 Å². The zero-order valence-corrected chi connectivity index (χ0v) is 13.4. The van der Waals surface area contributed by atoms with Gasteiger partial charge >= 0.3 is 0 Å². The van der Waals surface area contributed by atoms with Gasteiger partial charge in [-0.2, -0.15) is 0 Å². The van der Waals surface area contributed by atoms with Gasteiger partial charge in [0, 0.05) is 22.3 Å². The van der Waals surface area contributed by atoms with Crippen LogP contribution in [0.15, 0.2) is 54.6 Å². The first-order valence-electron chi connectivity index (χ1n) is 7.14. The van der Waals surface area contributed by atoms with E-state index >= 15 is 0 Å². The van der Waals surface area contributed by atoms with Crippen LogP contribution in [0.25, 0.3) is 0 Å². The largest absolute Gasteiger partial charge is 0.339 e. The van der Waals surface area contributed by atoms with Crippen LogP contribution in [0.4, 0.5) is 26.1 Å². The van der Waals surface area contributed by atoms with Crippen molar-refractivity contribution in [2.24, 2.45) is 0 Å². The molecule has 0 spiro atoms. The normalized spacial score (nSPS) is 10.4. The zero-order chi connectivity index (χ0) is 17.8. The Balaban J connectivity index is 1.67. The molecule has 1 heterocycles. The molecule has 2 N–H and O–H groups in total. The first kappa shape index (κ1) is 16.8. The second kappa shape index (κ2) is 7.23. The van der Waals surface area contributed by atoms with Crippen LogP contribution in [0, 0.1) is 11.6 Å². The van der Waals surface area contributed by atoms with Crippen LogP contribution in [0.3, 0.4) is 0 Å². The Morgan fingerprint density at radius 2 is 1.68 bits per heavy atom. The molecule has 0 aliphatic carbocycles. The lowest BCUT2D eigenvalue weighted by atomic mass is 10.2. The minimum absolute atomic E-state index is 0.237. The summed E-state index contributed by atoms with van der Waals surface area (Å²) in [6, 6.07) is 12.9. The Morgan fingerprint density at radius 3 is 2.36 bits per heavy atom. The first-order chi connectivity index (χ1) is 12.0. The molecule has 1 amide bonds. The number of nitrogens with one attached hydrogen (secondary N) is 2. The molecule has 8 heteroatoms. The van der Waals surface area contributed by atoms with Gasteiger partial charge in [-0.05, 0) is 42.5 Å². The standard InChI is InChI=1S/C17H11ClF2N4O/c18-11-3-1-2-10(8-11)17(25)22-16-7-6-15(23-24-16)21-12-4-5-13(19)14(20)9-12/h1-9H,(H,21,23)(H,22,24,25). The van der Waals surface area contributed by atoms with Gasteiger partial charge in [-0.1, -0.05) is 17.7 Å². The molecule has 25 heavy (non-hydrogen) atoms. The van der Waals surface area contributed by atoms with Gasteiger partial charge in [0.25, 0.3) is 5.91 Å². The summed E-state index contributed by atoms with van der Waals surface area (Å²) in [4.78, 5) is 12.1. The molecular formula is C17H11ClF2N4O. The number of amides is 1. The number of carbonyl (C=O) groups is 1. The molecule has 126 valence electrons. The number of halogens is 3. The minimum Gasteiger partial charge on any atom is -0.339 e. The smallest absolute Gasteiger partial charge is 0.256 e. The lowest BCUT2D eigenvalue weighted by molar-refractivity contribution is 0.102. The van der Waals surface area contributed by atoms with E-state index in [-0.39, 0.29) is 11.7 Å². The number of nitrogens with zero attached hydrogens (tertiary/aromatic N) is 2. The fourth-order valence-corrected chi connectivity index (χ4v) is 2.20. The summed E-state index contributed by atoms with van der Waals surface area (Å²) in [5.41, 5.74) is 0.710. The molecule has 0 aliphatic heterocycles. The molecule has 0 atom stereocenters. The molecule has 1 aromatic heterocycles. The van der Waals surface area contributed by atoms with Crippen LogP contribution < -0.4 is 10.6 Å². The maximum Gasteiger partial charge on any atom is 0.256 e. The fraction of sp³-hybridized carbons (Fsp3) is 0. The lowest BCUT2D eigenvalue weighted by Gasteiger charge is -2.07. The van der Waals surface area contributed by atoms with Crippen LogP contribution in [-0.2, 0) is 0 Å². The van der Waals surface area contributed by atoms with Crippen LogP contribution in [-0.4, -0.2) is 16.1 Å². The maximum atomic E-state index is 13.2. The monoisotopic (exact) mass is 360 g/mol. The Morgan fingerprint density at radius 1 is 0.920 bits per heavy atom. The molecule has 0 bridgehead atoms. The number of carbonyl (C=O) groups excluding carboxylic acids is 1. The van der Waals surface area contributed by atoms with Crippen molar-refractivity contribution < 1.29 is 13.6 Å². The summed E-state index contributed by atoms with van der Waals surface area (Å²) in [7, 11) is 0. The molecule has 0 fully saturated rings. The topological polar surface area (TPSA) is 66.9 Å². The summed E-state index contributed by atoms with van der Waals surface area (Å²) in [6.45, 7) is 0.